The molecule has 0 aliphatic carbocycles. The van der Waals surface area contributed by atoms with Crippen LogP contribution in [0.4, 0.5) is 0 Å². The summed E-state index contributed by atoms with van der Waals surface area (Å²) >= 11 is 0. The molecule has 0 aromatic heterocycles. The molecule has 0 saturated carbocycles. The maximum Gasteiger partial charge on any atom is 1.00 e. The molecule has 9 heavy (non-hydrogen) atoms. The summed E-state index contributed by atoms with van der Waals surface area (Å²) < 4.78 is 11.8. The number of rotatable bonds is 1. The van der Waals surface area contributed by atoms with Crippen molar-refractivity contribution in [3.63, 3.8) is 0 Å². The molecule has 0 atom stereocenters. The third-order valence-corrected chi connectivity index (χ3v) is 0.319. The van der Waals surface area contributed by atoms with Crippen LogP contribution in [0, 0.1) is 0 Å². The fraction of sp³-hybridized carbons (Fsp3) is 0. The zero-order chi connectivity index (χ0) is 5.21. The van der Waals surface area contributed by atoms with E-state index in [1.54, 1.807) is 0 Å². The molecule has 0 unspecified atom stereocenters. The van der Waals surface area contributed by atoms with Crippen LogP contribution in [0.1, 0.15) is 4.28 Å². The summed E-state index contributed by atoms with van der Waals surface area (Å²) in [6.07, 6.45) is 0. The molecule has 0 rings (SSSR count). The van der Waals surface area contributed by atoms with Gasteiger partial charge in [0.15, 0.2) is 0 Å². The largest absolute Gasteiger partial charge is 1.00 e. The van der Waals surface area contributed by atoms with E-state index in [4.69, 9.17) is 15.0 Å². The van der Waals surface area contributed by atoms with Gasteiger partial charge in [-0.15, -0.1) is 4.67 Å². The Morgan fingerprint density at radius 1 is 1.22 bits per heavy atom. The molecule has 0 spiro atoms. The first kappa shape index (κ1) is 22.7. The van der Waals surface area contributed by atoms with Gasteiger partial charge in [-0.2, -0.15) is 0 Å². The molecule has 0 aliphatic rings. The Hall–Kier alpha value is 3.07. The van der Waals surface area contributed by atoms with E-state index in [9.17, 15) is 4.57 Å². The zero-order valence-electron chi connectivity index (χ0n) is 8.61. The van der Waals surface area contributed by atoms with Crippen molar-refractivity contribution in [2.75, 3.05) is 0 Å². The predicted octanol–water partition coefficient (Wildman–Crippen LogP) is -9.08. The minimum Gasteiger partial charge on any atom is -1.00 e. The minimum atomic E-state index is -4.59. The van der Waals surface area contributed by atoms with E-state index in [1.165, 1.54) is 0 Å². The van der Waals surface area contributed by atoms with Gasteiger partial charge in [0.2, 0.25) is 0 Å². The fourth-order valence-corrected chi connectivity index (χ4v) is 0. The third kappa shape index (κ3) is 24.7. The number of hydrogen-bond acceptors (Lipinski definition) is 3. The summed E-state index contributed by atoms with van der Waals surface area (Å²) in [6.45, 7) is 0. The molecule has 9 heteroatoms. The molecule has 0 bridgehead atoms. The van der Waals surface area contributed by atoms with Crippen molar-refractivity contribution in [2.45, 2.75) is 0 Å². The van der Waals surface area contributed by atoms with E-state index >= 15 is 0 Å². The molecular formula is H6Na3O5P. The van der Waals surface area contributed by atoms with E-state index in [1.807, 2.05) is 0 Å². The van der Waals surface area contributed by atoms with Crippen molar-refractivity contribution in [1.29, 1.82) is 0 Å². The van der Waals surface area contributed by atoms with Crippen LogP contribution in [0.15, 0.2) is 0 Å². The molecular weight excluding hydrogens is 180 g/mol. The van der Waals surface area contributed by atoms with E-state index < -0.39 is 7.82 Å². The van der Waals surface area contributed by atoms with Gasteiger partial charge in [-0.05, 0) is 0 Å². The van der Waals surface area contributed by atoms with E-state index in [0.29, 0.717) is 0 Å². The smallest absolute Gasteiger partial charge is 1.00 e. The van der Waals surface area contributed by atoms with Crippen molar-refractivity contribution < 1.29 is 117 Å². The summed E-state index contributed by atoms with van der Waals surface area (Å²) in [6, 6.07) is 0. The van der Waals surface area contributed by atoms with Crippen LogP contribution in [0.25, 0.3) is 0 Å². The van der Waals surface area contributed by atoms with Gasteiger partial charge in [0.1, 0.15) is 0 Å². The van der Waals surface area contributed by atoms with E-state index in [0.717, 1.165) is 0 Å². The molecule has 0 heterocycles. The molecule has 0 radical (unpaired) electrons. The molecule has 0 aliphatic heterocycles. The SMILES string of the molecule is O=P(O)(O)OO.[H-].[H-].[H-].[Na+].[Na+].[Na+]. The molecule has 0 saturated heterocycles. The normalized spacial score (nSPS) is 7.89. The second-order valence-corrected chi connectivity index (χ2v) is 1.72. The first-order chi connectivity index (χ1) is 2.56. The number of phosphoric acid groups is 1. The second kappa shape index (κ2) is 11.1. The van der Waals surface area contributed by atoms with E-state index in [-0.39, 0.29) is 93.0 Å². The van der Waals surface area contributed by atoms with E-state index in [2.05, 4.69) is 4.67 Å². The third-order valence-electron chi connectivity index (χ3n) is 0.106. The summed E-state index contributed by atoms with van der Waals surface area (Å²) in [5.41, 5.74) is 0. The molecule has 3 N–H and O–H groups in total. The van der Waals surface area contributed by atoms with Gasteiger partial charge < -0.3 is 14.1 Å². The van der Waals surface area contributed by atoms with Crippen LogP contribution in [-0.2, 0) is 9.24 Å². The summed E-state index contributed by atoms with van der Waals surface area (Å²) in [5.74, 6) is 0. The molecule has 5 nitrogen and oxygen atoms in total. The Labute approximate surface area is 123 Å². The van der Waals surface area contributed by atoms with Crippen LogP contribution < -0.4 is 88.7 Å². The topological polar surface area (TPSA) is 87.0 Å². The summed E-state index contributed by atoms with van der Waals surface area (Å²) in [4.78, 5) is 14.9. The van der Waals surface area contributed by atoms with Crippen LogP contribution in [0.2, 0.25) is 0 Å². The molecule has 0 fully saturated rings. The zero-order valence-corrected chi connectivity index (χ0v) is 12.5. The minimum absolute atomic E-state index is 0. The standard InChI is InChI=1S/3Na.H3O5P.3H/c;;;1-5-6(2,3)4;;;/h;;;1H,(H2,2,3,4);;;/q3*+1;;3*-1. The van der Waals surface area contributed by atoms with Gasteiger partial charge in [-0.1, -0.05) is 0 Å². The summed E-state index contributed by atoms with van der Waals surface area (Å²) in [7, 11) is -4.59. The van der Waals surface area contributed by atoms with Crippen LogP contribution in [0.5, 0.6) is 0 Å². The average Bonchev–Trinajstić information content (AvgIpc) is 1.35. The Bertz CT molecular complexity index is 86.0. The van der Waals surface area contributed by atoms with Crippen LogP contribution >= 0.6 is 7.82 Å². The summed E-state index contributed by atoms with van der Waals surface area (Å²) in [5, 5.41) is 7.14. The predicted molar refractivity (Wildman–Crippen MR) is 19.1 cm³/mol. The van der Waals surface area contributed by atoms with Gasteiger partial charge in [0.25, 0.3) is 0 Å². The number of hydrogen-bond donors (Lipinski definition) is 3. The van der Waals surface area contributed by atoms with Gasteiger partial charge in [-0.25, -0.2) is 9.82 Å². The van der Waals surface area contributed by atoms with Gasteiger partial charge in [-0.3, -0.25) is 0 Å². The molecule has 0 aromatic rings. The van der Waals surface area contributed by atoms with Gasteiger partial charge >= 0.3 is 96.5 Å². The monoisotopic (exact) mass is 186 g/mol. The first-order valence-corrected chi connectivity index (χ1v) is 2.48. The van der Waals surface area contributed by atoms with Crippen molar-refractivity contribution in [3.05, 3.63) is 0 Å². The quantitative estimate of drug-likeness (QED) is 0.164. The van der Waals surface area contributed by atoms with Gasteiger partial charge in [0.05, 0.1) is 0 Å². The Kier molecular flexibility index (Phi) is 27.9. The van der Waals surface area contributed by atoms with Crippen molar-refractivity contribution in [1.82, 2.24) is 0 Å². The molecule has 44 valence electrons. The van der Waals surface area contributed by atoms with Crippen molar-refractivity contribution >= 4 is 7.82 Å². The Balaban J connectivity index is -0.00000000833. The maximum atomic E-state index is 9.22. The van der Waals surface area contributed by atoms with Crippen LogP contribution in [-0.4, -0.2) is 15.0 Å². The molecule has 0 aromatic carbocycles. The average molecular weight is 186 g/mol. The Morgan fingerprint density at radius 3 is 1.33 bits per heavy atom. The van der Waals surface area contributed by atoms with Crippen molar-refractivity contribution in [3.8, 4) is 0 Å². The maximum absolute atomic E-state index is 9.22. The van der Waals surface area contributed by atoms with Crippen molar-refractivity contribution in [2.24, 2.45) is 0 Å². The fourth-order valence-electron chi connectivity index (χ4n) is 0. The Morgan fingerprint density at radius 2 is 1.33 bits per heavy atom. The second-order valence-electron chi connectivity index (χ2n) is 0.572. The molecule has 0 amide bonds. The van der Waals surface area contributed by atoms with Crippen LogP contribution in [0.3, 0.4) is 0 Å². The van der Waals surface area contributed by atoms with Gasteiger partial charge in [0, 0.05) is 0 Å². The first-order valence-electron chi connectivity index (χ1n) is 0.948.